The lowest BCUT2D eigenvalue weighted by atomic mass is 9.82. The van der Waals surface area contributed by atoms with Crippen molar-refractivity contribution in [3.63, 3.8) is 0 Å². The molecule has 1 fully saturated rings. The van der Waals surface area contributed by atoms with Crippen LogP contribution in [0, 0.1) is 11.8 Å². The zero-order valence-electron chi connectivity index (χ0n) is 11.9. The average molecular weight is 290 g/mol. The molecule has 2 aliphatic heterocycles. The monoisotopic (exact) mass is 290 g/mol. The summed E-state index contributed by atoms with van der Waals surface area (Å²) in [6, 6.07) is 0. The fourth-order valence-corrected chi connectivity index (χ4v) is 3.50. The standard InChI is InChI=1S/C16H21NO4/c18-15(17-9-8-10-4-2-1-3-5-10)13-11-6-7-12(21-11)14(13)16(19)20/h4,6-7,11-14H,1-3,5,8-9H2,(H,17,18)(H,19,20)/p-1/t11-,12+,13-,14-/m0/s1. The smallest absolute Gasteiger partial charge is 0.226 e. The number of aliphatic carboxylic acids is 1. The second-order valence-electron chi connectivity index (χ2n) is 5.97. The highest BCUT2D eigenvalue weighted by Crippen LogP contribution is 2.38. The Labute approximate surface area is 124 Å². The molecule has 21 heavy (non-hydrogen) atoms. The molecule has 0 unspecified atom stereocenters. The Bertz CT molecular complexity index is 497. The van der Waals surface area contributed by atoms with Crippen molar-refractivity contribution in [1.29, 1.82) is 0 Å². The molecule has 4 atom stereocenters. The average Bonchev–Trinajstić information content (AvgIpc) is 3.08. The lowest BCUT2D eigenvalue weighted by Gasteiger charge is -2.25. The number of carboxylic acid groups (broad SMARTS) is 1. The summed E-state index contributed by atoms with van der Waals surface area (Å²) in [7, 11) is 0. The van der Waals surface area contributed by atoms with E-state index < -0.39 is 30.0 Å². The SMILES string of the molecule is O=C(NCCC1=CCCCC1)[C@@H]1[C@@H](C(=O)[O-])[C@H]2C=C[C@@H]1O2. The van der Waals surface area contributed by atoms with E-state index in [0.717, 1.165) is 19.3 Å². The van der Waals surface area contributed by atoms with Crippen molar-refractivity contribution in [3.8, 4) is 0 Å². The number of nitrogens with one attached hydrogen (secondary N) is 1. The number of hydrogen-bond acceptors (Lipinski definition) is 4. The molecule has 3 aliphatic rings. The van der Waals surface area contributed by atoms with Crippen LogP contribution >= 0.6 is 0 Å². The molecule has 1 aliphatic carbocycles. The number of hydrogen-bond donors (Lipinski definition) is 1. The lowest BCUT2D eigenvalue weighted by Crippen LogP contribution is -2.47. The van der Waals surface area contributed by atoms with Crippen LogP contribution in [0.1, 0.15) is 32.1 Å². The highest BCUT2D eigenvalue weighted by Gasteiger charge is 2.50. The van der Waals surface area contributed by atoms with Crippen LogP contribution in [0.3, 0.4) is 0 Å². The van der Waals surface area contributed by atoms with Gasteiger partial charge in [0, 0.05) is 18.4 Å². The number of allylic oxidation sites excluding steroid dienone is 1. The van der Waals surface area contributed by atoms with Crippen LogP contribution in [0.25, 0.3) is 0 Å². The number of amides is 1. The zero-order valence-corrected chi connectivity index (χ0v) is 11.9. The van der Waals surface area contributed by atoms with E-state index in [1.807, 2.05) is 0 Å². The molecule has 0 aromatic rings. The Kier molecular flexibility index (Phi) is 4.10. The minimum atomic E-state index is -1.21. The van der Waals surface area contributed by atoms with Gasteiger partial charge in [0.2, 0.25) is 5.91 Å². The number of carbonyl (C=O) groups is 2. The van der Waals surface area contributed by atoms with E-state index in [1.165, 1.54) is 18.4 Å². The first-order valence-electron chi connectivity index (χ1n) is 7.67. The van der Waals surface area contributed by atoms with Gasteiger partial charge in [-0.15, -0.1) is 0 Å². The molecule has 0 radical (unpaired) electrons. The summed E-state index contributed by atoms with van der Waals surface area (Å²) in [6.07, 6.45) is 10.3. The van der Waals surface area contributed by atoms with Gasteiger partial charge in [-0.25, -0.2) is 0 Å². The van der Waals surface area contributed by atoms with E-state index in [9.17, 15) is 14.7 Å². The Hall–Kier alpha value is -1.62. The molecule has 5 heteroatoms. The van der Waals surface area contributed by atoms with Gasteiger partial charge in [0.15, 0.2) is 0 Å². The topological polar surface area (TPSA) is 78.5 Å². The van der Waals surface area contributed by atoms with Crippen molar-refractivity contribution in [2.75, 3.05) is 6.54 Å². The van der Waals surface area contributed by atoms with Gasteiger partial charge in [0.1, 0.15) is 0 Å². The maximum atomic E-state index is 12.3. The third kappa shape index (κ3) is 2.88. The second-order valence-corrected chi connectivity index (χ2v) is 5.97. The molecule has 0 saturated carbocycles. The van der Waals surface area contributed by atoms with E-state index in [-0.39, 0.29) is 5.91 Å². The van der Waals surface area contributed by atoms with Crippen LogP contribution in [0.2, 0.25) is 0 Å². The van der Waals surface area contributed by atoms with Crippen molar-refractivity contribution < 1.29 is 19.4 Å². The van der Waals surface area contributed by atoms with Crippen LogP contribution in [0.15, 0.2) is 23.8 Å². The van der Waals surface area contributed by atoms with Crippen molar-refractivity contribution in [1.82, 2.24) is 5.32 Å². The Morgan fingerprint density at radius 2 is 2.00 bits per heavy atom. The molecule has 0 aromatic heterocycles. The Balaban J connectivity index is 1.54. The van der Waals surface area contributed by atoms with Gasteiger partial charge in [-0.2, -0.15) is 0 Å². The van der Waals surface area contributed by atoms with Crippen LogP contribution in [0.5, 0.6) is 0 Å². The number of carbonyl (C=O) groups excluding carboxylic acids is 2. The summed E-state index contributed by atoms with van der Waals surface area (Å²) in [4.78, 5) is 23.5. The number of carboxylic acids is 1. The third-order valence-corrected chi connectivity index (χ3v) is 4.60. The highest BCUT2D eigenvalue weighted by molar-refractivity contribution is 5.86. The number of rotatable bonds is 5. The summed E-state index contributed by atoms with van der Waals surface area (Å²) in [5.74, 6) is -2.97. The van der Waals surface area contributed by atoms with Crippen molar-refractivity contribution in [2.45, 2.75) is 44.3 Å². The molecular formula is C16H20NO4-. The molecule has 1 N–H and O–H groups in total. The quantitative estimate of drug-likeness (QED) is 0.739. The Morgan fingerprint density at radius 1 is 1.24 bits per heavy atom. The fourth-order valence-electron chi connectivity index (χ4n) is 3.50. The Morgan fingerprint density at radius 3 is 2.67 bits per heavy atom. The molecule has 114 valence electrons. The molecular weight excluding hydrogens is 270 g/mol. The highest BCUT2D eigenvalue weighted by atomic mass is 16.5. The van der Waals surface area contributed by atoms with Gasteiger partial charge in [-0.1, -0.05) is 23.8 Å². The van der Waals surface area contributed by atoms with Crippen molar-refractivity contribution in [2.24, 2.45) is 11.8 Å². The van der Waals surface area contributed by atoms with Gasteiger partial charge in [0.05, 0.1) is 18.1 Å². The molecule has 2 heterocycles. The first kappa shape index (κ1) is 14.3. The summed E-state index contributed by atoms with van der Waals surface area (Å²) in [5.41, 5.74) is 1.39. The molecule has 1 saturated heterocycles. The van der Waals surface area contributed by atoms with E-state index in [1.54, 1.807) is 12.2 Å². The predicted molar refractivity (Wildman–Crippen MR) is 74.0 cm³/mol. The summed E-state index contributed by atoms with van der Waals surface area (Å²) in [6.45, 7) is 0.558. The predicted octanol–water partition coefficient (Wildman–Crippen LogP) is 0.313. The third-order valence-electron chi connectivity index (χ3n) is 4.60. The minimum Gasteiger partial charge on any atom is -0.550 e. The zero-order chi connectivity index (χ0) is 14.8. The van der Waals surface area contributed by atoms with E-state index in [0.29, 0.717) is 6.54 Å². The van der Waals surface area contributed by atoms with Crippen LogP contribution in [-0.4, -0.2) is 30.6 Å². The maximum Gasteiger partial charge on any atom is 0.226 e. The van der Waals surface area contributed by atoms with Gasteiger partial charge < -0.3 is 20.0 Å². The van der Waals surface area contributed by atoms with E-state index in [2.05, 4.69) is 11.4 Å². The van der Waals surface area contributed by atoms with Crippen molar-refractivity contribution >= 4 is 11.9 Å². The molecule has 0 aromatic carbocycles. The van der Waals surface area contributed by atoms with Gasteiger partial charge >= 0.3 is 0 Å². The summed E-state index contributed by atoms with van der Waals surface area (Å²) < 4.78 is 5.47. The molecule has 5 nitrogen and oxygen atoms in total. The first-order chi connectivity index (χ1) is 10.2. The maximum absolute atomic E-state index is 12.3. The second kappa shape index (κ2) is 6.02. The largest absolute Gasteiger partial charge is 0.550 e. The molecule has 0 spiro atoms. The minimum absolute atomic E-state index is 0.238. The van der Waals surface area contributed by atoms with Crippen LogP contribution < -0.4 is 10.4 Å². The summed E-state index contributed by atoms with van der Waals surface area (Å²) >= 11 is 0. The first-order valence-corrected chi connectivity index (χ1v) is 7.67. The van der Waals surface area contributed by atoms with Crippen LogP contribution in [-0.2, 0) is 14.3 Å². The lowest BCUT2D eigenvalue weighted by molar-refractivity contribution is -0.313. The van der Waals surface area contributed by atoms with Gasteiger partial charge in [-0.05, 0) is 32.1 Å². The fraction of sp³-hybridized carbons (Fsp3) is 0.625. The van der Waals surface area contributed by atoms with Crippen molar-refractivity contribution in [3.05, 3.63) is 23.8 Å². The molecule has 1 amide bonds. The van der Waals surface area contributed by atoms with Gasteiger partial charge in [-0.3, -0.25) is 4.79 Å². The molecule has 3 rings (SSSR count). The molecule has 2 bridgehead atoms. The number of ether oxygens (including phenoxy) is 1. The van der Waals surface area contributed by atoms with Gasteiger partial charge in [0.25, 0.3) is 0 Å². The van der Waals surface area contributed by atoms with E-state index >= 15 is 0 Å². The number of fused-ring (bicyclic) bond motifs is 2. The van der Waals surface area contributed by atoms with Crippen LogP contribution in [0.4, 0.5) is 0 Å². The normalized spacial score (nSPS) is 33.8. The summed E-state index contributed by atoms with van der Waals surface area (Å²) in [5, 5.41) is 14.1. The van der Waals surface area contributed by atoms with E-state index in [4.69, 9.17) is 4.74 Å².